The van der Waals surface area contributed by atoms with E-state index in [4.69, 9.17) is 4.52 Å². The van der Waals surface area contributed by atoms with Crippen molar-refractivity contribution in [2.24, 2.45) is 0 Å². The first-order valence-corrected chi connectivity index (χ1v) is 5.71. The Hall–Kier alpha value is -1.84. The van der Waals surface area contributed by atoms with Crippen LogP contribution >= 0.6 is 0 Å². The zero-order chi connectivity index (χ0) is 12.4. The third-order valence-electron chi connectivity index (χ3n) is 2.77. The van der Waals surface area contributed by atoms with Gasteiger partial charge in [-0.05, 0) is 39.8 Å². The number of hydrogen-bond acceptors (Lipinski definition) is 4. The Bertz CT molecular complexity index is 500. The van der Waals surface area contributed by atoms with Crippen LogP contribution in [-0.4, -0.2) is 10.1 Å². The Labute approximate surface area is 101 Å². The van der Waals surface area contributed by atoms with Crippen molar-refractivity contribution >= 4 is 5.82 Å². The van der Waals surface area contributed by atoms with Gasteiger partial charge in [-0.3, -0.25) is 0 Å². The van der Waals surface area contributed by atoms with E-state index < -0.39 is 0 Å². The highest BCUT2D eigenvalue weighted by atomic mass is 16.5. The van der Waals surface area contributed by atoms with E-state index in [1.165, 1.54) is 0 Å². The molecule has 0 saturated heterocycles. The lowest BCUT2D eigenvalue weighted by atomic mass is 10.1. The van der Waals surface area contributed by atoms with Gasteiger partial charge in [-0.2, -0.15) is 0 Å². The van der Waals surface area contributed by atoms with Crippen LogP contribution in [0.1, 0.15) is 35.7 Å². The molecule has 0 aliphatic heterocycles. The fourth-order valence-corrected chi connectivity index (χ4v) is 2.03. The summed E-state index contributed by atoms with van der Waals surface area (Å²) in [6.45, 7) is 7.94. The molecule has 2 aromatic rings. The SMILES string of the molecule is Cc1cccc(NC(C)c2c(C)noc2C)n1. The molecule has 0 spiro atoms. The van der Waals surface area contributed by atoms with Crippen LogP contribution in [0.3, 0.4) is 0 Å². The summed E-state index contributed by atoms with van der Waals surface area (Å²) in [6.07, 6.45) is 0. The largest absolute Gasteiger partial charge is 0.363 e. The maximum absolute atomic E-state index is 5.17. The molecule has 0 aliphatic carbocycles. The van der Waals surface area contributed by atoms with E-state index in [-0.39, 0.29) is 6.04 Å². The lowest BCUT2D eigenvalue weighted by molar-refractivity contribution is 0.392. The summed E-state index contributed by atoms with van der Waals surface area (Å²) in [5, 5.41) is 7.32. The molecule has 0 fully saturated rings. The Morgan fingerprint density at radius 1 is 1.24 bits per heavy atom. The number of rotatable bonds is 3. The summed E-state index contributed by atoms with van der Waals surface area (Å²) in [6, 6.07) is 6.06. The molecule has 0 radical (unpaired) electrons. The number of aryl methyl sites for hydroxylation is 3. The number of anilines is 1. The van der Waals surface area contributed by atoms with E-state index >= 15 is 0 Å². The predicted octanol–water partition coefficient (Wildman–Crippen LogP) is 3.17. The van der Waals surface area contributed by atoms with Crippen molar-refractivity contribution in [3.05, 3.63) is 40.9 Å². The van der Waals surface area contributed by atoms with Crippen LogP contribution in [-0.2, 0) is 0 Å². The van der Waals surface area contributed by atoms with Crippen molar-refractivity contribution < 1.29 is 4.52 Å². The number of hydrogen-bond donors (Lipinski definition) is 1. The summed E-state index contributed by atoms with van der Waals surface area (Å²) in [5.74, 6) is 1.73. The second-order valence-electron chi connectivity index (χ2n) is 4.27. The molecular weight excluding hydrogens is 214 g/mol. The molecule has 0 aromatic carbocycles. The van der Waals surface area contributed by atoms with E-state index in [0.717, 1.165) is 28.5 Å². The van der Waals surface area contributed by atoms with Crippen molar-refractivity contribution in [2.45, 2.75) is 33.7 Å². The van der Waals surface area contributed by atoms with Crippen LogP contribution in [0.4, 0.5) is 5.82 Å². The normalized spacial score (nSPS) is 12.5. The van der Waals surface area contributed by atoms with Crippen LogP contribution in [0.15, 0.2) is 22.7 Å². The third kappa shape index (κ3) is 2.46. The highest BCUT2D eigenvalue weighted by Crippen LogP contribution is 2.24. The summed E-state index contributed by atoms with van der Waals surface area (Å²) in [7, 11) is 0. The second-order valence-corrected chi connectivity index (χ2v) is 4.27. The van der Waals surface area contributed by atoms with Crippen LogP contribution in [0, 0.1) is 20.8 Å². The molecule has 17 heavy (non-hydrogen) atoms. The molecule has 0 amide bonds. The molecule has 2 aromatic heterocycles. The Morgan fingerprint density at radius 2 is 2.00 bits per heavy atom. The Balaban J connectivity index is 2.20. The van der Waals surface area contributed by atoms with E-state index in [9.17, 15) is 0 Å². The lowest BCUT2D eigenvalue weighted by Gasteiger charge is -2.14. The fourth-order valence-electron chi connectivity index (χ4n) is 2.03. The van der Waals surface area contributed by atoms with E-state index in [0.29, 0.717) is 0 Å². The highest BCUT2D eigenvalue weighted by molar-refractivity contribution is 5.40. The predicted molar refractivity (Wildman–Crippen MR) is 67.0 cm³/mol. The van der Waals surface area contributed by atoms with E-state index in [1.54, 1.807) is 0 Å². The van der Waals surface area contributed by atoms with Crippen molar-refractivity contribution in [2.75, 3.05) is 5.32 Å². The summed E-state index contributed by atoms with van der Waals surface area (Å²) in [5.41, 5.74) is 3.03. The Morgan fingerprint density at radius 3 is 2.59 bits per heavy atom. The average Bonchev–Trinajstić information content (AvgIpc) is 2.58. The first-order chi connectivity index (χ1) is 8.08. The van der Waals surface area contributed by atoms with Crippen LogP contribution in [0.2, 0.25) is 0 Å². The summed E-state index contributed by atoms with van der Waals surface area (Å²) >= 11 is 0. The van der Waals surface area contributed by atoms with Crippen LogP contribution in [0.5, 0.6) is 0 Å². The van der Waals surface area contributed by atoms with E-state index in [2.05, 4.69) is 22.4 Å². The fraction of sp³-hybridized carbons (Fsp3) is 0.385. The molecule has 4 nitrogen and oxygen atoms in total. The molecular formula is C13H17N3O. The molecule has 1 atom stereocenters. The molecule has 4 heteroatoms. The van der Waals surface area contributed by atoms with Crippen molar-refractivity contribution in [1.29, 1.82) is 0 Å². The van der Waals surface area contributed by atoms with Gasteiger partial charge in [0.05, 0.1) is 11.7 Å². The summed E-state index contributed by atoms with van der Waals surface area (Å²) < 4.78 is 5.17. The summed E-state index contributed by atoms with van der Waals surface area (Å²) in [4.78, 5) is 4.42. The smallest absolute Gasteiger partial charge is 0.139 e. The minimum atomic E-state index is 0.135. The van der Waals surface area contributed by atoms with Gasteiger partial charge in [-0.25, -0.2) is 4.98 Å². The molecule has 1 N–H and O–H groups in total. The first-order valence-electron chi connectivity index (χ1n) is 5.71. The van der Waals surface area contributed by atoms with Crippen LogP contribution in [0.25, 0.3) is 0 Å². The standard InChI is InChI=1S/C13H17N3O/c1-8-6-5-7-12(14-8)15-9(2)13-10(3)16-17-11(13)4/h5-7,9H,1-4H3,(H,14,15). The third-order valence-corrected chi connectivity index (χ3v) is 2.77. The molecule has 0 bridgehead atoms. The number of aromatic nitrogens is 2. The monoisotopic (exact) mass is 231 g/mol. The van der Waals surface area contributed by atoms with Gasteiger partial charge in [0.15, 0.2) is 0 Å². The van der Waals surface area contributed by atoms with Gasteiger partial charge < -0.3 is 9.84 Å². The topological polar surface area (TPSA) is 51.0 Å². The van der Waals surface area contributed by atoms with Gasteiger partial charge in [-0.15, -0.1) is 0 Å². The molecule has 0 aliphatic rings. The molecule has 2 heterocycles. The highest BCUT2D eigenvalue weighted by Gasteiger charge is 2.16. The zero-order valence-corrected chi connectivity index (χ0v) is 10.6. The van der Waals surface area contributed by atoms with Gasteiger partial charge in [0, 0.05) is 11.3 Å². The second kappa shape index (κ2) is 4.57. The quantitative estimate of drug-likeness (QED) is 0.881. The van der Waals surface area contributed by atoms with Gasteiger partial charge in [0.2, 0.25) is 0 Å². The maximum Gasteiger partial charge on any atom is 0.139 e. The van der Waals surface area contributed by atoms with E-state index in [1.807, 2.05) is 39.0 Å². The van der Waals surface area contributed by atoms with Gasteiger partial charge in [-0.1, -0.05) is 11.2 Å². The van der Waals surface area contributed by atoms with Crippen molar-refractivity contribution in [3.8, 4) is 0 Å². The molecule has 1 unspecified atom stereocenters. The van der Waals surface area contributed by atoms with Gasteiger partial charge in [0.25, 0.3) is 0 Å². The molecule has 2 rings (SSSR count). The van der Waals surface area contributed by atoms with Gasteiger partial charge in [0.1, 0.15) is 11.6 Å². The number of nitrogens with one attached hydrogen (secondary N) is 1. The maximum atomic E-state index is 5.17. The minimum Gasteiger partial charge on any atom is -0.363 e. The number of pyridine rings is 1. The molecule has 90 valence electrons. The van der Waals surface area contributed by atoms with Gasteiger partial charge >= 0.3 is 0 Å². The average molecular weight is 231 g/mol. The first kappa shape index (κ1) is 11.6. The number of nitrogens with zero attached hydrogens (tertiary/aromatic N) is 2. The minimum absolute atomic E-state index is 0.135. The lowest BCUT2D eigenvalue weighted by Crippen LogP contribution is -2.09. The zero-order valence-electron chi connectivity index (χ0n) is 10.6. The van der Waals surface area contributed by atoms with Crippen LogP contribution < -0.4 is 5.32 Å². The van der Waals surface area contributed by atoms with Crippen molar-refractivity contribution in [3.63, 3.8) is 0 Å². The Kier molecular flexibility index (Phi) is 3.13. The molecule has 0 saturated carbocycles. The van der Waals surface area contributed by atoms with Crippen molar-refractivity contribution in [1.82, 2.24) is 10.1 Å².